The Balaban J connectivity index is 1.84. The molecule has 1 heterocycles. The molecule has 1 saturated heterocycles. The van der Waals surface area contributed by atoms with Crippen LogP contribution in [-0.2, 0) is 6.42 Å². The first kappa shape index (κ1) is 10.8. The molecule has 2 nitrogen and oxygen atoms in total. The summed E-state index contributed by atoms with van der Waals surface area (Å²) >= 11 is 3.56. The summed E-state index contributed by atoms with van der Waals surface area (Å²) in [6, 6.07) is 7.45. The van der Waals surface area contributed by atoms with Crippen LogP contribution in [0.1, 0.15) is 23.6 Å². The molecular weight excluding hydrogens is 264 g/mol. The van der Waals surface area contributed by atoms with E-state index >= 15 is 0 Å². The van der Waals surface area contributed by atoms with E-state index < -0.39 is 0 Å². The van der Waals surface area contributed by atoms with Crippen molar-refractivity contribution in [1.29, 1.82) is 0 Å². The van der Waals surface area contributed by atoms with E-state index in [1.54, 1.807) is 5.56 Å². The molecule has 2 aliphatic rings. The predicted molar refractivity (Wildman–Crippen MR) is 69.6 cm³/mol. The highest BCUT2D eigenvalue weighted by atomic mass is 79.9. The molecule has 1 aromatic rings. The van der Waals surface area contributed by atoms with E-state index in [1.807, 2.05) is 0 Å². The Kier molecular flexibility index (Phi) is 3.01. The van der Waals surface area contributed by atoms with Gasteiger partial charge in [0.25, 0.3) is 0 Å². The minimum Gasteiger partial charge on any atom is -0.314 e. The summed E-state index contributed by atoms with van der Waals surface area (Å²) < 4.78 is 1.22. The Labute approximate surface area is 105 Å². The number of benzene rings is 1. The first-order valence-corrected chi connectivity index (χ1v) is 6.87. The van der Waals surface area contributed by atoms with Crippen molar-refractivity contribution in [3.8, 4) is 0 Å². The van der Waals surface area contributed by atoms with Gasteiger partial charge in [0.2, 0.25) is 0 Å². The largest absolute Gasteiger partial charge is 0.314 e. The predicted octanol–water partition coefficient (Wildman–Crippen LogP) is 2.34. The van der Waals surface area contributed by atoms with E-state index in [9.17, 15) is 0 Å². The molecule has 0 radical (unpaired) electrons. The minimum absolute atomic E-state index is 0.671. The van der Waals surface area contributed by atoms with Gasteiger partial charge in [0.1, 0.15) is 0 Å². The van der Waals surface area contributed by atoms with Crippen LogP contribution in [0.25, 0.3) is 0 Å². The van der Waals surface area contributed by atoms with Crippen molar-refractivity contribution >= 4 is 15.9 Å². The number of piperazine rings is 1. The fraction of sp³-hybridized carbons (Fsp3) is 0.538. The zero-order valence-corrected chi connectivity index (χ0v) is 11.0. The van der Waals surface area contributed by atoms with Gasteiger partial charge in [-0.1, -0.05) is 22.0 Å². The molecule has 3 heteroatoms. The first-order chi connectivity index (χ1) is 7.84. The molecule has 0 amide bonds. The van der Waals surface area contributed by atoms with Crippen LogP contribution < -0.4 is 5.32 Å². The van der Waals surface area contributed by atoms with Crippen molar-refractivity contribution < 1.29 is 0 Å². The van der Waals surface area contributed by atoms with Gasteiger partial charge in [0, 0.05) is 36.7 Å². The van der Waals surface area contributed by atoms with Crippen molar-refractivity contribution in [3.63, 3.8) is 0 Å². The third-order valence-electron chi connectivity index (χ3n) is 3.74. The Morgan fingerprint density at radius 2 is 2.06 bits per heavy atom. The van der Waals surface area contributed by atoms with Gasteiger partial charge in [0.05, 0.1) is 0 Å². The monoisotopic (exact) mass is 280 g/mol. The summed E-state index contributed by atoms with van der Waals surface area (Å²) in [6.07, 6.45) is 2.54. The van der Waals surface area contributed by atoms with Crippen LogP contribution in [0.4, 0.5) is 0 Å². The number of halogens is 1. The lowest BCUT2D eigenvalue weighted by Crippen LogP contribution is -2.44. The van der Waals surface area contributed by atoms with Crippen LogP contribution in [0.5, 0.6) is 0 Å². The van der Waals surface area contributed by atoms with E-state index in [0.29, 0.717) is 6.04 Å². The van der Waals surface area contributed by atoms with Gasteiger partial charge in [-0.15, -0.1) is 0 Å². The molecule has 1 N–H and O–H groups in total. The summed E-state index contributed by atoms with van der Waals surface area (Å²) in [4.78, 5) is 2.64. The van der Waals surface area contributed by atoms with Gasteiger partial charge in [-0.25, -0.2) is 0 Å². The number of fused-ring (bicyclic) bond motifs is 1. The Bertz CT molecular complexity index is 386. The van der Waals surface area contributed by atoms with Gasteiger partial charge in [0.15, 0.2) is 0 Å². The number of hydrogen-bond acceptors (Lipinski definition) is 2. The lowest BCUT2D eigenvalue weighted by atomic mass is 10.1. The van der Waals surface area contributed by atoms with Crippen LogP contribution >= 0.6 is 15.9 Å². The van der Waals surface area contributed by atoms with Crippen LogP contribution in [0.2, 0.25) is 0 Å². The van der Waals surface area contributed by atoms with Gasteiger partial charge < -0.3 is 5.32 Å². The molecule has 0 aromatic heterocycles. The second kappa shape index (κ2) is 4.47. The maximum atomic E-state index is 3.56. The van der Waals surface area contributed by atoms with Crippen molar-refractivity contribution in [2.24, 2.45) is 0 Å². The van der Waals surface area contributed by atoms with E-state index in [4.69, 9.17) is 0 Å². The smallest absolute Gasteiger partial charge is 0.0355 e. The van der Waals surface area contributed by atoms with Gasteiger partial charge in [-0.2, -0.15) is 0 Å². The maximum Gasteiger partial charge on any atom is 0.0355 e. The highest BCUT2D eigenvalue weighted by Gasteiger charge is 2.28. The zero-order chi connectivity index (χ0) is 11.0. The molecule has 1 aliphatic heterocycles. The second-order valence-corrected chi connectivity index (χ2v) is 5.60. The molecule has 0 saturated carbocycles. The average Bonchev–Trinajstić information content (AvgIpc) is 2.73. The van der Waals surface area contributed by atoms with Crippen molar-refractivity contribution in [1.82, 2.24) is 10.2 Å². The second-order valence-electron chi connectivity index (χ2n) is 4.68. The fourth-order valence-corrected chi connectivity index (χ4v) is 3.35. The molecule has 1 atom stereocenters. The molecule has 0 bridgehead atoms. The maximum absolute atomic E-state index is 3.56. The third-order valence-corrected chi connectivity index (χ3v) is 4.24. The Morgan fingerprint density at radius 3 is 2.88 bits per heavy atom. The standard InChI is InChI=1S/C13H17BrN2/c14-11-2-3-12-10(9-11)1-4-13(12)16-7-5-15-6-8-16/h2-3,9,13,15H,1,4-8H2. The zero-order valence-electron chi connectivity index (χ0n) is 9.38. The topological polar surface area (TPSA) is 15.3 Å². The normalized spacial score (nSPS) is 25.7. The van der Waals surface area contributed by atoms with Gasteiger partial charge in [-0.3, -0.25) is 4.90 Å². The fourth-order valence-electron chi connectivity index (χ4n) is 2.94. The Hall–Kier alpha value is -0.380. The highest BCUT2D eigenvalue weighted by molar-refractivity contribution is 9.10. The van der Waals surface area contributed by atoms with Crippen molar-refractivity contribution in [2.75, 3.05) is 26.2 Å². The summed E-state index contributed by atoms with van der Waals surface area (Å²) in [5.74, 6) is 0. The number of hydrogen-bond donors (Lipinski definition) is 1. The van der Waals surface area contributed by atoms with Crippen LogP contribution in [0.3, 0.4) is 0 Å². The van der Waals surface area contributed by atoms with Crippen LogP contribution in [0.15, 0.2) is 22.7 Å². The SMILES string of the molecule is Brc1ccc2c(c1)CCC2N1CCNCC1. The van der Waals surface area contributed by atoms with Crippen LogP contribution in [-0.4, -0.2) is 31.1 Å². The van der Waals surface area contributed by atoms with Crippen LogP contribution in [0, 0.1) is 0 Å². The van der Waals surface area contributed by atoms with E-state index in [1.165, 1.54) is 36.0 Å². The molecule has 1 fully saturated rings. The van der Waals surface area contributed by atoms with Crippen molar-refractivity contribution in [2.45, 2.75) is 18.9 Å². The summed E-state index contributed by atoms with van der Waals surface area (Å²) in [6.45, 7) is 4.67. The molecule has 0 spiro atoms. The third kappa shape index (κ3) is 1.92. The van der Waals surface area contributed by atoms with E-state index in [0.717, 1.165) is 13.1 Å². The minimum atomic E-state index is 0.671. The lowest BCUT2D eigenvalue weighted by Gasteiger charge is -2.33. The highest BCUT2D eigenvalue weighted by Crippen LogP contribution is 2.36. The molecular formula is C13H17BrN2. The summed E-state index contributed by atoms with van der Waals surface area (Å²) in [5, 5.41) is 3.42. The number of rotatable bonds is 1. The number of nitrogens with zero attached hydrogens (tertiary/aromatic N) is 1. The molecule has 86 valence electrons. The van der Waals surface area contributed by atoms with E-state index in [-0.39, 0.29) is 0 Å². The Morgan fingerprint density at radius 1 is 1.25 bits per heavy atom. The molecule has 16 heavy (non-hydrogen) atoms. The molecule has 1 aliphatic carbocycles. The van der Waals surface area contributed by atoms with Crippen molar-refractivity contribution in [3.05, 3.63) is 33.8 Å². The molecule has 3 rings (SSSR count). The van der Waals surface area contributed by atoms with Gasteiger partial charge >= 0.3 is 0 Å². The number of aryl methyl sites for hydroxylation is 1. The summed E-state index contributed by atoms with van der Waals surface area (Å²) in [7, 11) is 0. The summed E-state index contributed by atoms with van der Waals surface area (Å²) in [5.41, 5.74) is 3.10. The number of nitrogens with one attached hydrogen (secondary N) is 1. The molecule has 1 unspecified atom stereocenters. The average molecular weight is 281 g/mol. The molecule has 1 aromatic carbocycles. The van der Waals surface area contributed by atoms with E-state index in [2.05, 4.69) is 44.3 Å². The first-order valence-electron chi connectivity index (χ1n) is 6.08. The van der Waals surface area contributed by atoms with Gasteiger partial charge in [-0.05, 0) is 36.1 Å². The lowest BCUT2D eigenvalue weighted by molar-refractivity contribution is 0.173. The quantitative estimate of drug-likeness (QED) is 0.850.